The first-order valence-corrected chi connectivity index (χ1v) is 20.8. The lowest BCUT2D eigenvalue weighted by molar-refractivity contribution is 0.471. The second-order valence-electron chi connectivity index (χ2n) is 16.1. The molecule has 1 aliphatic carbocycles. The normalized spacial score (nSPS) is 14.7. The Hall–Kier alpha value is -7.56. The fraction of sp³-hybridized carbons (Fsp3) is 0.0714. The quantitative estimate of drug-likeness (QED) is 0.178. The first-order valence-electron chi connectivity index (χ1n) is 20.8. The molecule has 0 radical (unpaired) electrons. The van der Waals surface area contributed by atoms with E-state index in [2.05, 4.69) is 200 Å². The van der Waals surface area contributed by atoms with Crippen LogP contribution in [-0.4, -0.2) is 6.04 Å². The fourth-order valence-electron chi connectivity index (χ4n) is 9.73. The van der Waals surface area contributed by atoms with Crippen LogP contribution in [0.3, 0.4) is 0 Å². The molecule has 0 amide bonds. The van der Waals surface area contributed by atoms with Crippen molar-refractivity contribution < 1.29 is 9.47 Å². The summed E-state index contributed by atoms with van der Waals surface area (Å²) in [5.74, 6) is 3.43. The third-order valence-corrected chi connectivity index (χ3v) is 12.6. The van der Waals surface area contributed by atoms with Crippen molar-refractivity contribution in [3.05, 3.63) is 197 Å². The van der Waals surface area contributed by atoms with E-state index in [1.54, 1.807) is 0 Å². The molecule has 0 fully saturated rings. The van der Waals surface area contributed by atoms with Crippen LogP contribution in [0.15, 0.2) is 176 Å². The highest BCUT2D eigenvalue weighted by Crippen LogP contribution is 2.52. The predicted molar refractivity (Wildman–Crippen MR) is 248 cm³/mol. The Kier molecular flexibility index (Phi) is 7.76. The minimum atomic E-state index is 0.0347. The first-order chi connectivity index (χ1) is 29.6. The van der Waals surface area contributed by atoms with Gasteiger partial charge in [-0.05, 0) is 146 Å². The van der Waals surface area contributed by atoms with Gasteiger partial charge in [0.05, 0.1) is 28.8 Å². The molecule has 0 bridgehead atoms. The maximum Gasteiger partial charge on any atom is 0.151 e. The Morgan fingerprint density at radius 2 is 1.07 bits per heavy atom. The SMILES string of the molecule is Cc1ccc(-c2c3c(c(-c4cccc5ccccc45)c4cc(N5c6ccccc6Oc6ccccc65)ccc24)=CCC(N2c4ccccc4Oc4ccccc42)C=3)cc1C. The molecular formula is C56H40N2O2. The summed E-state index contributed by atoms with van der Waals surface area (Å²) in [4.78, 5) is 4.84. The highest BCUT2D eigenvalue weighted by Gasteiger charge is 2.31. The summed E-state index contributed by atoms with van der Waals surface area (Å²) in [6, 6.07) is 63.2. The van der Waals surface area contributed by atoms with Gasteiger partial charge < -0.3 is 19.3 Å². The van der Waals surface area contributed by atoms with Gasteiger partial charge in [0.25, 0.3) is 0 Å². The Labute approximate surface area is 349 Å². The highest BCUT2D eigenvalue weighted by atomic mass is 16.5. The molecule has 0 spiro atoms. The molecule has 3 aliphatic rings. The van der Waals surface area contributed by atoms with Gasteiger partial charge >= 0.3 is 0 Å². The van der Waals surface area contributed by atoms with Crippen LogP contribution >= 0.6 is 0 Å². The number of fused-ring (bicyclic) bond motifs is 7. The number of ether oxygens (including phenoxy) is 2. The number of benzene rings is 9. The molecule has 9 aromatic rings. The van der Waals surface area contributed by atoms with E-state index in [0.29, 0.717) is 0 Å². The van der Waals surface area contributed by atoms with Crippen LogP contribution in [0.25, 0.3) is 56.0 Å². The van der Waals surface area contributed by atoms with Crippen molar-refractivity contribution in [2.75, 3.05) is 9.80 Å². The topological polar surface area (TPSA) is 24.9 Å². The number of aryl methyl sites for hydroxylation is 2. The van der Waals surface area contributed by atoms with Crippen LogP contribution in [0, 0.1) is 13.8 Å². The Balaban J connectivity index is 1.20. The minimum absolute atomic E-state index is 0.0347. The van der Waals surface area contributed by atoms with Crippen molar-refractivity contribution in [2.24, 2.45) is 0 Å². The standard InChI is InChI=1S/C56H40N2O2/c1-35-26-27-38(32-36(35)2)55-43-30-28-40(58-49-20-7-11-24-53(49)60-54-25-12-8-21-50(54)58)34-46(43)56(42-17-13-15-37-14-3-4-16-41(37)42)44-31-29-39(33-45(44)55)57-47-18-5-9-22-51(47)59-52-23-10-6-19-48(52)57/h3-28,30-34,39H,29H2,1-2H3. The van der Waals surface area contributed by atoms with Gasteiger partial charge in [-0.25, -0.2) is 0 Å². The molecule has 2 heterocycles. The first kappa shape index (κ1) is 34.5. The van der Waals surface area contributed by atoms with Gasteiger partial charge in [0.1, 0.15) is 0 Å². The number of anilines is 5. The van der Waals surface area contributed by atoms with Crippen LogP contribution < -0.4 is 29.7 Å². The zero-order valence-electron chi connectivity index (χ0n) is 33.4. The maximum atomic E-state index is 6.49. The van der Waals surface area contributed by atoms with E-state index < -0.39 is 0 Å². The summed E-state index contributed by atoms with van der Waals surface area (Å²) in [7, 11) is 0. The van der Waals surface area contributed by atoms with Crippen molar-refractivity contribution in [1.82, 2.24) is 0 Å². The number of rotatable bonds is 4. The van der Waals surface area contributed by atoms with Crippen LogP contribution in [-0.2, 0) is 0 Å². The van der Waals surface area contributed by atoms with Crippen LogP contribution in [0.2, 0.25) is 0 Å². The Bertz CT molecular complexity index is 3270. The lowest BCUT2D eigenvalue weighted by atomic mass is 9.83. The molecule has 12 rings (SSSR count). The Morgan fingerprint density at radius 3 is 1.75 bits per heavy atom. The van der Waals surface area contributed by atoms with Gasteiger partial charge in [-0.15, -0.1) is 0 Å². The molecule has 4 heteroatoms. The average Bonchev–Trinajstić information content (AvgIpc) is 3.29. The van der Waals surface area contributed by atoms with Crippen LogP contribution in [0.1, 0.15) is 17.5 Å². The molecule has 4 nitrogen and oxygen atoms in total. The zero-order valence-corrected chi connectivity index (χ0v) is 33.4. The van der Waals surface area contributed by atoms with Gasteiger partial charge in [0, 0.05) is 5.69 Å². The van der Waals surface area contributed by atoms with Crippen LogP contribution in [0.5, 0.6) is 23.0 Å². The maximum absolute atomic E-state index is 6.49. The number of nitrogens with zero attached hydrogens (tertiary/aromatic N) is 2. The van der Waals surface area contributed by atoms with Gasteiger partial charge in [0.15, 0.2) is 23.0 Å². The second kappa shape index (κ2) is 13.5. The monoisotopic (exact) mass is 772 g/mol. The number of para-hydroxylation sites is 8. The number of hydrogen-bond donors (Lipinski definition) is 0. The summed E-state index contributed by atoms with van der Waals surface area (Å²) < 4.78 is 13.0. The van der Waals surface area contributed by atoms with Gasteiger partial charge in [0.2, 0.25) is 0 Å². The third kappa shape index (κ3) is 5.31. The molecule has 1 atom stereocenters. The van der Waals surface area contributed by atoms with E-state index in [9.17, 15) is 0 Å². The van der Waals surface area contributed by atoms with Gasteiger partial charge in [-0.1, -0.05) is 127 Å². The van der Waals surface area contributed by atoms with Gasteiger partial charge in [-0.3, -0.25) is 0 Å². The molecule has 0 N–H and O–H groups in total. The average molecular weight is 773 g/mol. The van der Waals surface area contributed by atoms with E-state index in [0.717, 1.165) is 57.9 Å². The minimum Gasteiger partial charge on any atom is -0.453 e. The smallest absolute Gasteiger partial charge is 0.151 e. The van der Waals surface area contributed by atoms with E-state index in [4.69, 9.17) is 9.47 Å². The summed E-state index contributed by atoms with van der Waals surface area (Å²) in [6.07, 6.45) is 5.86. The Morgan fingerprint density at radius 1 is 0.467 bits per heavy atom. The highest BCUT2D eigenvalue weighted by molar-refractivity contribution is 6.12. The lowest BCUT2D eigenvalue weighted by Crippen LogP contribution is -2.40. The summed E-state index contributed by atoms with van der Waals surface area (Å²) in [6.45, 7) is 4.42. The molecule has 60 heavy (non-hydrogen) atoms. The summed E-state index contributed by atoms with van der Waals surface area (Å²) >= 11 is 0. The summed E-state index contributed by atoms with van der Waals surface area (Å²) in [5, 5.41) is 7.40. The zero-order chi connectivity index (χ0) is 39.9. The van der Waals surface area contributed by atoms with Crippen molar-refractivity contribution in [1.29, 1.82) is 0 Å². The molecule has 0 saturated carbocycles. The molecule has 0 saturated heterocycles. The second-order valence-corrected chi connectivity index (χ2v) is 16.1. The number of hydrogen-bond acceptors (Lipinski definition) is 4. The molecule has 2 aliphatic heterocycles. The van der Waals surface area contributed by atoms with E-state index in [1.807, 2.05) is 12.1 Å². The van der Waals surface area contributed by atoms with Crippen molar-refractivity contribution >= 4 is 62.1 Å². The molecule has 9 aromatic carbocycles. The molecule has 0 aromatic heterocycles. The van der Waals surface area contributed by atoms with E-state index in [1.165, 1.54) is 65.4 Å². The largest absolute Gasteiger partial charge is 0.453 e. The van der Waals surface area contributed by atoms with Crippen molar-refractivity contribution in [3.8, 4) is 45.3 Å². The van der Waals surface area contributed by atoms with Gasteiger partial charge in [-0.2, -0.15) is 0 Å². The van der Waals surface area contributed by atoms with Crippen LogP contribution in [0.4, 0.5) is 28.4 Å². The third-order valence-electron chi connectivity index (χ3n) is 12.6. The van der Waals surface area contributed by atoms with E-state index in [-0.39, 0.29) is 6.04 Å². The summed E-state index contributed by atoms with van der Waals surface area (Å²) in [5.41, 5.74) is 12.8. The van der Waals surface area contributed by atoms with E-state index >= 15 is 0 Å². The lowest BCUT2D eigenvalue weighted by Gasteiger charge is -2.38. The predicted octanol–water partition coefficient (Wildman–Crippen LogP) is 13.8. The molecule has 286 valence electrons. The molecular weight excluding hydrogens is 733 g/mol. The molecule has 1 unspecified atom stereocenters. The fourth-order valence-corrected chi connectivity index (χ4v) is 9.73. The van der Waals surface area contributed by atoms with Crippen molar-refractivity contribution in [3.63, 3.8) is 0 Å². The van der Waals surface area contributed by atoms with Crippen molar-refractivity contribution in [2.45, 2.75) is 26.3 Å².